The Morgan fingerprint density at radius 3 is 2.18 bits per heavy atom. The minimum atomic E-state index is -0.142. The number of amides is 1. The molecule has 6 heteroatoms. The molecule has 0 aliphatic carbocycles. The number of nitrogens with zero attached hydrogens (tertiary/aromatic N) is 2. The molecule has 0 aliphatic heterocycles. The zero-order valence-electron chi connectivity index (χ0n) is 18.6. The van der Waals surface area contributed by atoms with Crippen molar-refractivity contribution in [3.05, 3.63) is 114 Å². The Kier molecular flexibility index (Phi) is 5.86. The Balaban J connectivity index is 1.29. The SMILES string of the molecule is Cc1cc(Nc2ccccc2)nc(Nc2ccc(NC(=O)c3cccc4ccccc34)cc2)n1. The summed E-state index contributed by atoms with van der Waals surface area (Å²) in [6.45, 7) is 1.93. The van der Waals surface area contributed by atoms with Crippen molar-refractivity contribution in [1.82, 2.24) is 9.97 Å². The Hall–Kier alpha value is -4.71. The first kappa shape index (κ1) is 21.2. The summed E-state index contributed by atoms with van der Waals surface area (Å²) in [7, 11) is 0. The Labute approximate surface area is 197 Å². The average molecular weight is 446 g/mol. The smallest absolute Gasteiger partial charge is 0.256 e. The van der Waals surface area contributed by atoms with Crippen LogP contribution in [-0.2, 0) is 0 Å². The highest BCUT2D eigenvalue weighted by atomic mass is 16.1. The summed E-state index contributed by atoms with van der Waals surface area (Å²) in [5.41, 5.74) is 3.97. The van der Waals surface area contributed by atoms with E-state index in [2.05, 4.69) is 25.9 Å². The first-order chi connectivity index (χ1) is 16.6. The molecule has 1 heterocycles. The van der Waals surface area contributed by atoms with Crippen molar-refractivity contribution in [2.45, 2.75) is 6.92 Å². The van der Waals surface area contributed by atoms with Crippen molar-refractivity contribution in [3.63, 3.8) is 0 Å². The second kappa shape index (κ2) is 9.42. The number of fused-ring (bicyclic) bond motifs is 1. The molecule has 6 nitrogen and oxygen atoms in total. The minimum Gasteiger partial charge on any atom is -0.340 e. The van der Waals surface area contributed by atoms with E-state index in [0.717, 1.165) is 27.8 Å². The number of aromatic nitrogens is 2. The second-order valence-electron chi connectivity index (χ2n) is 7.89. The minimum absolute atomic E-state index is 0.142. The van der Waals surface area contributed by atoms with Crippen LogP contribution in [0.25, 0.3) is 10.8 Å². The van der Waals surface area contributed by atoms with Crippen LogP contribution in [0.3, 0.4) is 0 Å². The van der Waals surface area contributed by atoms with E-state index in [4.69, 9.17) is 0 Å². The molecule has 0 aliphatic rings. The van der Waals surface area contributed by atoms with E-state index in [1.165, 1.54) is 0 Å². The lowest BCUT2D eigenvalue weighted by molar-refractivity contribution is 0.102. The van der Waals surface area contributed by atoms with Gasteiger partial charge < -0.3 is 16.0 Å². The summed E-state index contributed by atoms with van der Waals surface area (Å²) < 4.78 is 0. The normalized spacial score (nSPS) is 10.6. The topological polar surface area (TPSA) is 78.9 Å². The van der Waals surface area contributed by atoms with Gasteiger partial charge >= 0.3 is 0 Å². The van der Waals surface area contributed by atoms with Crippen molar-refractivity contribution in [1.29, 1.82) is 0 Å². The number of hydrogen-bond acceptors (Lipinski definition) is 5. The maximum absolute atomic E-state index is 12.9. The average Bonchev–Trinajstić information content (AvgIpc) is 2.85. The van der Waals surface area contributed by atoms with Crippen LogP contribution in [0.4, 0.5) is 28.8 Å². The maximum Gasteiger partial charge on any atom is 0.256 e. The molecular formula is C28H23N5O. The van der Waals surface area contributed by atoms with Gasteiger partial charge in [-0.2, -0.15) is 4.98 Å². The van der Waals surface area contributed by atoms with Crippen molar-refractivity contribution in [2.75, 3.05) is 16.0 Å². The van der Waals surface area contributed by atoms with Gasteiger partial charge in [-0.3, -0.25) is 4.79 Å². The summed E-state index contributed by atoms with van der Waals surface area (Å²) in [4.78, 5) is 21.9. The predicted molar refractivity (Wildman–Crippen MR) is 138 cm³/mol. The third-order valence-electron chi connectivity index (χ3n) is 5.33. The lowest BCUT2D eigenvalue weighted by Crippen LogP contribution is -2.12. The zero-order valence-corrected chi connectivity index (χ0v) is 18.6. The zero-order chi connectivity index (χ0) is 23.3. The molecule has 3 N–H and O–H groups in total. The molecule has 1 aromatic heterocycles. The molecule has 5 rings (SSSR count). The van der Waals surface area contributed by atoms with E-state index in [1.807, 2.05) is 110 Å². The number of aryl methyl sites for hydroxylation is 1. The van der Waals surface area contributed by atoms with Gasteiger partial charge in [0.2, 0.25) is 5.95 Å². The van der Waals surface area contributed by atoms with Gasteiger partial charge in [-0.25, -0.2) is 4.98 Å². The fourth-order valence-electron chi connectivity index (χ4n) is 3.75. The van der Waals surface area contributed by atoms with E-state index >= 15 is 0 Å². The van der Waals surface area contributed by atoms with Gasteiger partial charge in [0.15, 0.2) is 0 Å². The van der Waals surface area contributed by atoms with E-state index in [0.29, 0.717) is 23.0 Å². The lowest BCUT2D eigenvalue weighted by Gasteiger charge is -2.11. The van der Waals surface area contributed by atoms with E-state index in [-0.39, 0.29) is 5.91 Å². The van der Waals surface area contributed by atoms with Gasteiger partial charge in [-0.05, 0) is 60.2 Å². The highest BCUT2D eigenvalue weighted by molar-refractivity contribution is 6.12. The molecule has 34 heavy (non-hydrogen) atoms. The van der Waals surface area contributed by atoms with Gasteiger partial charge in [-0.15, -0.1) is 0 Å². The Morgan fingerprint density at radius 2 is 1.35 bits per heavy atom. The summed E-state index contributed by atoms with van der Waals surface area (Å²) in [6.07, 6.45) is 0. The number of carbonyl (C=O) groups excluding carboxylic acids is 1. The summed E-state index contributed by atoms with van der Waals surface area (Å²) in [5, 5.41) is 11.5. The predicted octanol–water partition coefficient (Wildman–Crippen LogP) is 6.68. The molecule has 0 atom stereocenters. The maximum atomic E-state index is 12.9. The number of para-hydroxylation sites is 1. The monoisotopic (exact) mass is 445 g/mol. The van der Waals surface area contributed by atoms with Crippen molar-refractivity contribution in [2.24, 2.45) is 0 Å². The quantitative estimate of drug-likeness (QED) is 0.272. The number of carbonyl (C=O) groups is 1. The molecule has 0 bridgehead atoms. The molecule has 0 spiro atoms. The molecule has 4 aromatic carbocycles. The number of rotatable bonds is 6. The molecule has 1 amide bonds. The highest BCUT2D eigenvalue weighted by Gasteiger charge is 2.10. The summed E-state index contributed by atoms with van der Waals surface area (Å²) in [5.74, 6) is 1.06. The lowest BCUT2D eigenvalue weighted by atomic mass is 10.0. The van der Waals surface area contributed by atoms with Crippen LogP contribution in [0, 0.1) is 6.92 Å². The molecule has 0 unspecified atom stereocenters. The third-order valence-corrected chi connectivity index (χ3v) is 5.33. The summed E-state index contributed by atoms with van der Waals surface area (Å²) >= 11 is 0. The van der Waals surface area contributed by atoms with Gasteiger partial charge in [0, 0.05) is 34.4 Å². The highest BCUT2D eigenvalue weighted by Crippen LogP contribution is 2.22. The Bertz CT molecular complexity index is 1440. The number of hydrogen-bond donors (Lipinski definition) is 3. The second-order valence-corrected chi connectivity index (χ2v) is 7.89. The first-order valence-corrected chi connectivity index (χ1v) is 11.0. The van der Waals surface area contributed by atoms with Crippen molar-refractivity contribution < 1.29 is 4.79 Å². The van der Waals surface area contributed by atoms with Crippen LogP contribution in [0.5, 0.6) is 0 Å². The van der Waals surface area contributed by atoms with E-state index < -0.39 is 0 Å². The van der Waals surface area contributed by atoms with E-state index in [1.54, 1.807) is 0 Å². The fourth-order valence-corrected chi connectivity index (χ4v) is 3.75. The number of benzene rings is 4. The van der Waals surface area contributed by atoms with Crippen LogP contribution in [0.1, 0.15) is 16.1 Å². The molecule has 5 aromatic rings. The fraction of sp³-hybridized carbons (Fsp3) is 0.0357. The molecule has 166 valence electrons. The number of nitrogens with one attached hydrogen (secondary N) is 3. The standard InChI is InChI=1S/C28H23N5O/c1-19-18-26(30-21-10-3-2-4-11-21)33-28(29-19)32-23-16-14-22(15-17-23)31-27(34)25-13-7-9-20-8-5-6-12-24(20)25/h2-18H,1H3,(H,31,34)(H2,29,30,32,33). The third kappa shape index (κ3) is 4.86. The first-order valence-electron chi connectivity index (χ1n) is 11.0. The van der Waals surface area contributed by atoms with Gasteiger partial charge in [-0.1, -0.05) is 54.6 Å². The van der Waals surface area contributed by atoms with Gasteiger partial charge in [0.1, 0.15) is 5.82 Å². The molecule has 0 fully saturated rings. The van der Waals surface area contributed by atoms with Crippen LogP contribution in [0.15, 0.2) is 103 Å². The van der Waals surface area contributed by atoms with Crippen LogP contribution in [-0.4, -0.2) is 15.9 Å². The summed E-state index contributed by atoms with van der Waals surface area (Å²) in [6, 6.07) is 32.8. The van der Waals surface area contributed by atoms with Crippen LogP contribution >= 0.6 is 0 Å². The Morgan fingerprint density at radius 1 is 0.676 bits per heavy atom. The largest absolute Gasteiger partial charge is 0.340 e. The van der Waals surface area contributed by atoms with Gasteiger partial charge in [0.25, 0.3) is 5.91 Å². The molecular weight excluding hydrogens is 422 g/mol. The molecule has 0 radical (unpaired) electrons. The van der Waals surface area contributed by atoms with Crippen molar-refractivity contribution >= 4 is 45.5 Å². The van der Waals surface area contributed by atoms with Crippen molar-refractivity contribution in [3.8, 4) is 0 Å². The molecule has 0 saturated carbocycles. The van der Waals surface area contributed by atoms with Crippen LogP contribution < -0.4 is 16.0 Å². The van der Waals surface area contributed by atoms with Gasteiger partial charge in [0.05, 0.1) is 0 Å². The number of anilines is 5. The van der Waals surface area contributed by atoms with E-state index in [9.17, 15) is 4.79 Å². The molecule has 0 saturated heterocycles. The van der Waals surface area contributed by atoms with Crippen LogP contribution in [0.2, 0.25) is 0 Å².